The first-order valence-corrected chi connectivity index (χ1v) is 7.39. The molecule has 0 radical (unpaired) electrons. The van der Waals surface area contributed by atoms with Crippen LogP contribution in [0.2, 0.25) is 5.02 Å². The Bertz CT molecular complexity index is 449. The molecule has 0 heterocycles. The summed E-state index contributed by atoms with van der Waals surface area (Å²) in [6.07, 6.45) is 2.47. The van der Waals surface area contributed by atoms with Crippen LogP contribution in [0.15, 0.2) is 24.3 Å². The second-order valence-electron chi connectivity index (χ2n) is 5.46. The van der Waals surface area contributed by atoms with E-state index in [-0.39, 0.29) is 18.3 Å². The van der Waals surface area contributed by atoms with Crippen LogP contribution in [0.1, 0.15) is 18.4 Å². The Morgan fingerprint density at radius 3 is 2.57 bits per heavy atom. The summed E-state index contributed by atoms with van der Waals surface area (Å²) in [7, 11) is 1.97. The van der Waals surface area contributed by atoms with Crippen LogP contribution in [0.4, 0.5) is 0 Å². The maximum atomic E-state index is 11.9. The molecule has 1 atom stereocenters. The second kappa shape index (κ2) is 8.59. The van der Waals surface area contributed by atoms with E-state index in [9.17, 15) is 4.79 Å². The average Bonchev–Trinajstić information content (AvgIpc) is 3.23. The maximum absolute atomic E-state index is 11.9. The molecule has 0 spiro atoms. The number of hydrogen-bond acceptors (Lipinski definition) is 3. The van der Waals surface area contributed by atoms with E-state index in [2.05, 4.69) is 10.2 Å². The summed E-state index contributed by atoms with van der Waals surface area (Å²) in [5, 5.41) is 3.63. The topological polar surface area (TPSA) is 58.4 Å². The van der Waals surface area contributed by atoms with Gasteiger partial charge in [-0.05, 0) is 43.5 Å². The highest BCUT2D eigenvalue weighted by Crippen LogP contribution is 2.34. The molecule has 4 nitrogen and oxygen atoms in total. The number of nitrogens with one attached hydrogen (secondary N) is 1. The quantitative estimate of drug-likeness (QED) is 0.803. The lowest BCUT2D eigenvalue weighted by atomic mass is 10.1. The van der Waals surface area contributed by atoms with E-state index in [1.807, 2.05) is 31.3 Å². The Kier molecular flexibility index (Phi) is 7.46. The predicted octanol–water partition coefficient (Wildman–Crippen LogP) is 2.05. The zero-order valence-electron chi connectivity index (χ0n) is 12.2. The molecule has 6 heteroatoms. The van der Waals surface area contributed by atoms with E-state index in [0.29, 0.717) is 36.6 Å². The van der Waals surface area contributed by atoms with Gasteiger partial charge in [0.05, 0.1) is 6.54 Å². The van der Waals surface area contributed by atoms with Gasteiger partial charge in [-0.15, -0.1) is 12.4 Å². The van der Waals surface area contributed by atoms with Crippen LogP contribution in [0.25, 0.3) is 0 Å². The van der Waals surface area contributed by atoms with Gasteiger partial charge in [0.15, 0.2) is 0 Å². The Labute approximate surface area is 137 Å². The van der Waals surface area contributed by atoms with Gasteiger partial charge in [0.25, 0.3) is 0 Å². The van der Waals surface area contributed by atoms with Gasteiger partial charge in [0.1, 0.15) is 0 Å². The molecule has 1 aliphatic rings. The predicted molar refractivity (Wildman–Crippen MR) is 88.7 cm³/mol. The monoisotopic (exact) mass is 331 g/mol. The zero-order valence-corrected chi connectivity index (χ0v) is 13.8. The van der Waals surface area contributed by atoms with Crippen molar-refractivity contribution in [2.75, 3.05) is 20.1 Å². The van der Waals surface area contributed by atoms with Gasteiger partial charge in [-0.1, -0.05) is 23.7 Å². The Morgan fingerprint density at radius 2 is 2.05 bits per heavy atom. The highest BCUT2D eigenvalue weighted by Gasteiger charge is 2.33. The summed E-state index contributed by atoms with van der Waals surface area (Å²) in [5.74, 6) is 0.704. The summed E-state index contributed by atoms with van der Waals surface area (Å²) >= 11 is 5.82. The third-order valence-electron chi connectivity index (χ3n) is 3.77. The van der Waals surface area contributed by atoms with Crippen LogP contribution in [-0.4, -0.2) is 37.0 Å². The molecule has 0 aliphatic heterocycles. The minimum Gasteiger partial charge on any atom is -0.351 e. The highest BCUT2D eigenvalue weighted by molar-refractivity contribution is 6.30. The Morgan fingerprint density at radius 1 is 1.43 bits per heavy atom. The second-order valence-corrected chi connectivity index (χ2v) is 5.90. The standard InChI is InChI=1S/C15H22ClN3O.ClH/c1-19(14(8-17)12-4-5-12)10-15(20)18-9-11-2-6-13(16)7-3-11;/h2-3,6-7,12,14H,4-5,8-10,17H2,1H3,(H,18,20);1H. The van der Waals surface area contributed by atoms with Crippen LogP contribution in [0.3, 0.4) is 0 Å². The number of nitrogens with zero attached hydrogens (tertiary/aromatic N) is 1. The number of amides is 1. The largest absolute Gasteiger partial charge is 0.351 e. The number of rotatable bonds is 7. The van der Waals surface area contributed by atoms with Crippen molar-refractivity contribution < 1.29 is 4.79 Å². The molecule has 118 valence electrons. The molecule has 1 saturated carbocycles. The molecular formula is C15H23Cl2N3O. The fraction of sp³-hybridized carbons (Fsp3) is 0.533. The van der Waals surface area contributed by atoms with E-state index < -0.39 is 0 Å². The molecule has 21 heavy (non-hydrogen) atoms. The Hall–Kier alpha value is -0.810. The van der Waals surface area contributed by atoms with E-state index in [4.69, 9.17) is 17.3 Å². The number of benzene rings is 1. The molecule has 1 fully saturated rings. The third-order valence-corrected chi connectivity index (χ3v) is 4.02. The number of carbonyl (C=O) groups excluding carboxylic acids is 1. The molecule has 1 unspecified atom stereocenters. The minimum absolute atomic E-state index is 0. The van der Waals surface area contributed by atoms with Crippen molar-refractivity contribution in [3.63, 3.8) is 0 Å². The molecule has 3 N–H and O–H groups in total. The van der Waals surface area contributed by atoms with E-state index in [1.54, 1.807) is 0 Å². The zero-order chi connectivity index (χ0) is 14.5. The molecule has 1 aromatic rings. The van der Waals surface area contributed by atoms with Gasteiger partial charge < -0.3 is 11.1 Å². The summed E-state index contributed by atoms with van der Waals surface area (Å²) < 4.78 is 0. The van der Waals surface area contributed by atoms with Gasteiger partial charge in [-0.3, -0.25) is 9.69 Å². The van der Waals surface area contributed by atoms with Gasteiger partial charge in [0, 0.05) is 24.2 Å². The summed E-state index contributed by atoms with van der Waals surface area (Å²) in [4.78, 5) is 14.0. The van der Waals surface area contributed by atoms with Crippen molar-refractivity contribution in [3.8, 4) is 0 Å². The lowest BCUT2D eigenvalue weighted by Gasteiger charge is -2.26. The number of hydrogen-bond donors (Lipinski definition) is 2. The molecule has 1 aliphatic carbocycles. The summed E-state index contributed by atoms with van der Waals surface area (Å²) in [6, 6.07) is 7.81. The van der Waals surface area contributed by atoms with Crippen LogP contribution < -0.4 is 11.1 Å². The molecular weight excluding hydrogens is 309 g/mol. The van der Waals surface area contributed by atoms with Crippen molar-refractivity contribution in [2.45, 2.75) is 25.4 Å². The molecule has 0 saturated heterocycles. The summed E-state index contributed by atoms with van der Waals surface area (Å²) in [6.45, 7) is 1.54. The molecule has 1 aromatic carbocycles. The normalized spacial score (nSPS) is 15.4. The third kappa shape index (κ3) is 5.83. The van der Waals surface area contributed by atoms with Crippen LogP contribution in [0.5, 0.6) is 0 Å². The first kappa shape index (κ1) is 18.2. The van der Waals surface area contributed by atoms with Gasteiger partial charge in [0.2, 0.25) is 5.91 Å². The van der Waals surface area contributed by atoms with Crippen LogP contribution >= 0.6 is 24.0 Å². The van der Waals surface area contributed by atoms with Gasteiger partial charge >= 0.3 is 0 Å². The van der Waals surface area contributed by atoms with E-state index >= 15 is 0 Å². The minimum atomic E-state index is 0. The van der Waals surface area contributed by atoms with E-state index in [0.717, 1.165) is 5.56 Å². The number of halogens is 2. The van der Waals surface area contributed by atoms with Crippen molar-refractivity contribution in [3.05, 3.63) is 34.9 Å². The molecule has 0 aromatic heterocycles. The lowest BCUT2D eigenvalue weighted by Crippen LogP contribution is -2.44. The van der Waals surface area contributed by atoms with Gasteiger partial charge in [-0.25, -0.2) is 0 Å². The van der Waals surface area contributed by atoms with Crippen LogP contribution in [0, 0.1) is 5.92 Å². The highest BCUT2D eigenvalue weighted by atomic mass is 35.5. The number of carbonyl (C=O) groups is 1. The average molecular weight is 332 g/mol. The van der Waals surface area contributed by atoms with Crippen molar-refractivity contribution >= 4 is 29.9 Å². The smallest absolute Gasteiger partial charge is 0.234 e. The van der Waals surface area contributed by atoms with Crippen molar-refractivity contribution in [1.82, 2.24) is 10.2 Å². The van der Waals surface area contributed by atoms with Gasteiger partial charge in [-0.2, -0.15) is 0 Å². The van der Waals surface area contributed by atoms with Crippen molar-refractivity contribution in [2.24, 2.45) is 11.7 Å². The molecule has 1 amide bonds. The van der Waals surface area contributed by atoms with Crippen LogP contribution in [-0.2, 0) is 11.3 Å². The first-order valence-electron chi connectivity index (χ1n) is 7.01. The SMILES string of the molecule is CN(CC(=O)NCc1ccc(Cl)cc1)C(CN)C1CC1.Cl. The number of likely N-dealkylation sites (N-methyl/N-ethyl adjacent to an activating group) is 1. The van der Waals surface area contributed by atoms with E-state index in [1.165, 1.54) is 12.8 Å². The fourth-order valence-electron chi connectivity index (χ4n) is 2.42. The molecule has 2 rings (SSSR count). The number of nitrogens with two attached hydrogens (primary N) is 1. The first-order chi connectivity index (χ1) is 9.60. The summed E-state index contributed by atoms with van der Waals surface area (Å²) in [5.41, 5.74) is 6.83. The lowest BCUT2D eigenvalue weighted by molar-refractivity contribution is -0.122. The maximum Gasteiger partial charge on any atom is 0.234 e. The van der Waals surface area contributed by atoms with Crippen molar-refractivity contribution in [1.29, 1.82) is 0 Å². The fourth-order valence-corrected chi connectivity index (χ4v) is 2.54. The Balaban J connectivity index is 0.00000220. The molecule has 0 bridgehead atoms.